The highest BCUT2D eigenvalue weighted by molar-refractivity contribution is 6.31. The maximum absolute atomic E-state index is 12.9. The average molecular weight is 521 g/mol. The van der Waals surface area contributed by atoms with E-state index in [-0.39, 0.29) is 11.8 Å². The number of aromatic nitrogens is 2. The molecule has 0 bridgehead atoms. The first kappa shape index (κ1) is 26.6. The second-order valence-corrected chi connectivity index (χ2v) is 9.71. The Bertz CT molecular complexity index is 1200. The molecular weight excluding hydrogens is 488 g/mol. The highest BCUT2D eigenvalue weighted by atomic mass is 35.5. The van der Waals surface area contributed by atoms with Crippen LogP contribution in [-0.2, 0) is 16.0 Å². The summed E-state index contributed by atoms with van der Waals surface area (Å²) in [6.07, 6.45) is 3.04. The van der Waals surface area contributed by atoms with Crippen molar-refractivity contribution < 1.29 is 9.59 Å². The molecule has 0 saturated carbocycles. The van der Waals surface area contributed by atoms with E-state index in [2.05, 4.69) is 36.9 Å². The van der Waals surface area contributed by atoms with Crippen LogP contribution < -0.4 is 16.0 Å². The molecule has 2 aromatic carbocycles. The summed E-state index contributed by atoms with van der Waals surface area (Å²) < 4.78 is 0. The van der Waals surface area contributed by atoms with Gasteiger partial charge in [0.1, 0.15) is 11.6 Å². The minimum atomic E-state index is -0.105. The van der Waals surface area contributed by atoms with Crippen molar-refractivity contribution >= 4 is 35.1 Å². The number of amides is 2. The number of hydrogen-bond donors (Lipinski definition) is 3. The minimum absolute atomic E-state index is 0.0877. The molecule has 8 nitrogen and oxygen atoms in total. The van der Waals surface area contributed by atoms with Gasteiger partial charge in [0.15, 0.2) is 5.82 Å². The Morgan fingerprint density at radius 1 is 0.973 bits per heavy atom. The fourth-order valence-electron chi connectivity index (χ4n) is 4.46. The van der Waals surface area contributed by atoms with E-state index in [9.17, 15) is 9.59 Å². The summed E-state index contributed by atoms with van der Waals surface area (Å²) in [6.45, 7) is 4.51. The first-order valence-electron chi connectivity index (χ1n) is 12.6. The van der Waals surface area contributed by atoms with Crippen molar-refractivity contribution in [2.24, 2.45) is 5.92 Å². The van der Waals surface area contributed by atoms with Crippen molar-refractivity contribution in [3.8, 4) is 11.4 Å². The molecule has 37 heavy (non-hydrogen) atoms. The van der Waals surface area contributed by atoms with Crippen LogP contribution in [0.2, 0.25) is 5.02 Å². The Balaban J connectivity index is 1.34. The second-order valence-electron chi connectivity index (χ2n) is 9.30. The minimum Gasteiger partial charge on any atom is -0.368 e. The maximum Gasteiger partial charge on any atom is 0.239 e. The van der Waals surface area contributed by atoms with Crippen LogP contribution in [0.1, 0.15) is 25.3 Å². The van der Waals surface area contributed by atoms with Crippen LogP contribution in [0.3, 0.4) is 0 Å². The first-order chi connectivity index (χ1) is 18.0. The van der Waals surface area contributed by atoms with Gasteiger partial charge in [-0.2, -0.15) is 0 Å². The molecule has 3 aromatic rings. The summed E-state index contributed by atoms with van der Waals surface area (Å²) in [4.78, 5) is 35.4. The molecule has 9 heteroatoms. The summed E-state index contributed by atoms with van der Waals surface area (Å²) in [5.41, 5.74) is 2.05. The number of carbonyl (C=O) groups is 2. The van der Waals surface area contributed by atoms with Gasteiger partial charge >= 0.3 is 0 Å². The number of nitrogens with zero attached hydrogens (tertiary/aromatic N) is 3. The monoisotopic (exact) mass is 520 g/mol. The fraction of sp³-hybridized carbons (Fsp3) is 0.357. The molecule has 4 rings (SSSR count). The topological polar surface area (TPSA) is 99.2 Å². The predicted octanol–water partition coefficient (Wildman–Crippen LogP) is 4.24. The van der Waals surface area contributed by atoms with E-state index in [1.807, 2.05) is 48.5 Å². The Hall–Kier alpha value is -3.49. The lowest BCUT2D eigenvalue weighted by molar-refractivity contribution is -0.119. The van der Waals surface area contributed by atoms with Crippen LogP contribution in [0, 0.1) is 5.92 Å². The van der Waals surface area contributed by atoms with Crippen LogP contribution in [0.15, 0.2) is 60.7 Å². The van der Waals surface area contributed by atoms with Gasteiger partial charge < -0.3 is 16.0 Å². The smallest absolute Gasteiger partial charge is 0.239 e. The molecule has 1 saturated heterocycles. The number of carbonyl (C=O) groups excluding carboxylic acids is 2. The van der Waals surface area contributed by atoms with Crippen LogP contribution in [0.25, 0.3) is 11.4 Å². The van der Waals surface area contributed by atoms with Gasteiger partial charge in [-0.15, -0.1) is 0 Å². The number of hydrogen-bond acceptors (Lipinski definition) is 6. The fourth-order valence-corrected chi connectivity index (χ4v) is 4.67. The highest BCUT2D eigenvalue weighted by Gasteiger charge is 2.22. The Morgan fingerprint density at radius 2 is 1.68 bits per heavy atom. The number of rotatable bonds is 10. The number of halogens is 1. The lowest BCUT2D eigenvalue weighted by Crippen LogP contribution is -2.39. The van der Waals surface area contributed by atoms with E-state index < -0.39 is 0 Å². The van der Waals surface area contributed by atoms with E-state index in [1.54, 1.807) is 6.07 Å². The average Bonchev–Trinajstić information content (AvgIpc) is 2.89. The van der Waals surface area contributed by atoms with Gasteiger partial charge in [0, 0.05) is 36.7 Å². The largest absolute Gasteiger partial charge is 0.368 e. The van der Waals surface area contributed by atoms with Crippen molar-refractivity contribution in [1.29, 1.82) is 0 Å². The van der Waals surface area contributed by atoms with Gasteiger partial charge in [0.25, 0.3) is 0 Å². The lowest BCUT2D eigenvalue weighted by atomic mass is 9.90. The molecule has 3 N–H and O–H groups in total. The molecule has 1 aliphatic rings. The molecule has 0 spiro atoms. The molecule has 2 amide bonds. The molecule has 0 atom stereocenters. The number of anilines is 2. The zero-order chi connectivity index (χ0) is 26.0. The number of benzene rings is 2. The molecule has 1 aromatic heterocycles. The van der Waals surface area contributed by atoms with Crippen molar-refractivity contribution in [1.82, 2.24) is 20.2 Å². The molecule has 1 aliphatic heterocycles. The third-order valence-corrected chi connectivity index (χ3v) is 6.74. The molecular formula is C28H33ClN6O2. The van der Waals surface area contributed by atoms with Crippen molar-refractivity contribution in [3.63, 3.8) is 0 Å². The summed E-state index contributed by atoms with van der Waals surface area (Å²) >= 11 is 6.33. The van der Waals surface area contributed by atoms with Gasteiger partial charge in [0.2, 0.25) is 11.8 Å². The molecule has 0 unspecified atom stereocenters. The van der Waals surface area contributed by atoms with Crippen molar-refractivity contribution in [2.75, 3.05) is 43.4 Å². The third kappa shape index (κ3) is 8.27. The van der Waals surface area contributed by atoms with E-state index >= 15 is 0 Å². The maximum atomic E-state index is 12.9. The number of piperidine rings is 1. The van der Waals surface area contributed by atoms with Gasteiger partial charge in [-0.05, 0) is 49.9 Å². The van der Waals surface area contributed by atoms with Gasteiger partial charge in [-0.3, -0.25) is 14.5 Å². The molecule has 0 aliphatic carbocycles. The quantitative estimate of drug-likeness (QED) is 0.346. The first-order valence-corrected chi connectivity index (χ1v) is 13.0. The van der Waals surface area contributed by atoms with Crippen LogP contribution in [-0.4, -0.2) is 59.4 Å². The molecule has 1 fully saturated rings. The van der Waals surface area contributed by atoms with E-state index in [4.69, 9.17) is 11.6 Å². The lowest BCUT2D eigenvalue weighted by Gasteiger charge is -2.31. The van der Waals surface area contributed by atoms with Crippen LogP contribution in [0.5, 0.6) is 0 Å². The number of nitrogens with one attached hydrogen (secondary N) is 3. The van der Waals surface area contributed by atoms with Crippen LogP contribution in [0.4, 0.5) is 11.6 Å². The van der Waals surface area contributed by atoms with Gasteiger partial charge in [0.05, 0.1) is 6.54 Å². The Labute approximate surface area is 222 Å². The Kier molecular flexibility index (Phi) is 9.46. The molecule has 2 heterocycles. The summed E-state index contributed by atoms with van der Waals surface area (Å²) in [6, 6.07) is 19.4. The van der Waals surface area contributed by atoms with E-state index in [1.165, 1.54) is 12.5 Å². The zero-order valence-electron chi connectivity index (χ0n) is 21.0. The van der Waals surface area contributed by atoms with Gasteiger partial charge in [-0.25, -0.2) is 9.97 Å². The van der Waals surface area contributed by atoms with E-state index in [0.717, 1.165) is 42.9 Å². The zero-order valence-corrected chi connectivity index (χ0v) is 21.8. The second kappa shape index (κ2) is 13.2. The summed E-state index contributed by atoms with van der Waals surface area (Å²) in [5.74, 6) is 1.91. The molecule has 0 radical (unpaired) electrons. The van der Waals surface area contributed by atoms with Crippen molar-refractivity contribution in [2.45, 2.75) is 26.2 Å². The standard InChI is InChI=1S/C28H33ClN6O2/c1-20(36)30-13-14-31-25-18-26(34-28(33-25)22-7-3-2-4-8-22)32-27(37)19-35-15-11-21(12-16-35)17-23-9-5-6-10-24(23)29/h2-10,18,21H,11-17,19H2,1H3,(H,30,36)(H2,31,32,33,34,37). The SMILES string of the molecule is CC(=O)NCCNc1cc(NC(=O)CN2CCC(Cc3ccccc3Cl)CC2)nc(-c2ccccc2)n1. The van der Waals surface area contributed by atoms with Crippen LogP contribution >= 0.6 is 11.6 Å². The number of likely N-dealkylation sites (tertiary alicyclic amines) is 1. The van der Waals surface area contributed by atoms with Gasteiger partial charge in [-0.1, -0.05) is 60.1 Å². The van der Waals surface area contributed by atoms with Crippen molar-refractivity contribution in [3.05, 3.63) is 71.2 Å². The normalized spacial score (nSPS) is 14.2. The Morgan fingerprint density at radius 3 is 2.41 bits per heavy atom. The predicted molar refractivity (Wildman–Crippen MR) is 148 cm³/mol. The highest BCUT2D eigenvalue weighted by Crippen LogP contribution is 2.25. The third-order valence-electron chi connectivity index (χ3n) is 6.37. The van der Waals surface area contributed by atoms with E-state index in [0.29, 0.717) is 43.0 Å². The summed E-state index contributed by atoms with van der Waals surface area (Å²) in [7, 11) is 0. The molecule has 194 valence electrons. The summed E-state index contributed by atoms with van der Waals surface area (Å²) in [5, 5.41) is 9.72.